The minimum absolute atomic E-state index is 0.465. The Kier molecular flexibility index (Phi) is 5.31. The number of rotatable bonds is 5. The fraction of sp³-hybridized carbons (Fsp3) is 0.154. The van der Waals surface area contributed by atoms with E-state index in [1.165, 1.54) is 11.8 Å². The molecule has 0 bridgehead atoms. The van der Waals surface area contributed by atoms with Gasteiger partial charge in [0.2, 0.25) is 0 Å². The molecule has 2 rings (SSSR count). The van der Waals surface area contributed by atoms with Gasteiger partial charge in [0.15, 0.2) is 0 Å². The Labute approximate surface area is 126 Å². The van der Waals surface area contributed by atoms with E-state index >= 15 is 0 Å². The Bertz CT molecular complexity index is 580. The van der Waals surface area contributed by atoms with E-state index in [-0.39, 0.29) is 0 Å². The maximum atomic E-state index is 9.37. The molecule has 104 valence electrons. The van der Waals surface area contributed by atoms with E-state index in [9.17, 15) is 10.0 Å². The average Bonchev–Trinajstić information content (AvgIpc) is 2.46. The minimum Gasteiger partial charge on any atom is -0.497 e. The van der Waals surface area contributed by atoms with Crippen molar-refractivity contribution in [2.75, 3.05) is 7.11 Å². The predicted octanol–water partition coefficient (Wildman–Crippen LogP) is 1.72. The number of benzene rings is 1. The van der Waals surface area contributed by atoms with E-state index in [4.69, 9.17) is 16.3 Å². The summed E-state index contributed by atoms with van der Waals surface area (Å²) in [6.07, 6.45) is 1.58. The molecule has 0 spiro atoms. The van der Waals surface area contributed by atoms with Crippen LogP contribution in [0.4, 0.5) is 0 Å². The summed E-state index contributed by atoms with van der Waals surface area (Å²) in [6, 6.07) is 8.72. The van der Waals surface area contributed by atoms with Gasteiger partial charge in [0.05, 0.1) is 17.2 Å². The molecule has 0 atom stereocenters. The number of hydrogen-bond acceptors (Lipinski definition) is 5. The molecule has 1 heterocycles. The molecule has 7 heteroatoms. The van der Waals surface area contributed by atoms with Crippen LogP contribution in [0, 0.1) is 0 Å². The molecule has 0 aliphatic carbocycles. The molecule has 0 aliphatic rings. The van der Waals surface area contributed by atoms with E-state index in [0.29, 0.717) is 22.0 Å². The van der Waals surface area contributed by atoms with Gasteiger partial charge >= 0.3 is 7.12 Å². The zero-order valence-corrected chi connectivity index (χ0v) is 12.4. The number of methoxy groups -OCH3 is 1. The molecule has 0 unspecified atom stereocenters. The third-order valence-electron chi connectivity index (χ3n) is 2.70. The lowest BCUT2D eigenvalue weighted by Gasteiger charge is -2.10. The van der Waals surface area contributed by atoms with Crippen LogP contribution in [0.25, 0.3) is 0 Å². The summed E-state index contributed by atoms with van der Waals surface area (Å²) in [7, 11) is 0.0666. The van der Waals surface area contributed by atoms with Crippen molar-refractivity contribution in [2.24, 2.45) is 0 Å². The van der Waals surface area contributed by atoms with Gasteiger partial charge in [-0.25, -0.2) is 4.98 Å². The number of pyridine rings is 1. The van der Waals surface area contributed by atoms with E-state index in [0.717, 1.165) is 10.6 Å². The second-order valence-electron chi connectivity index (χ2n) is 4.04. The lowest BCUT2D eigenvalue weighted by molar-refractivity contribution is 0.413. The van der Waals surface area contributed by atoms with Crippen molar-refractivity contribution >= 4 is 35.9 Å². The van der Waals surface area contributed by atoms with Crippen LogP contribution < -0.4 is 10.2 Å². The monoisotopic (exact) mass is 309 g/mol. The topological polar surface area (TPSA) is 62.6 Å². The van der Waals surface area contributed by atoms with Crippen molar-refractivity contribution in [1.82, 2.24) is 4.98 Å². The second-order valence-corrected chi connectivity index (χ2v) is 5.47. The molecule has 2 N–H and O–H groups in total. The third kappa shape index (κ3) is 3.90. The average molecular weight is 310 g/mol. The predicted molar refractivity (Wildman–Crippen MR) is 81.6 cm³/mol. The van der Waals surface area contributed by atoms with Crippen molar-refractivity contribution in [2.45, 2.75) is 10.8 Å². The van der Waals surface area contributed by atoms with Gasteiger partial charge in [-0.3, -0.25) is 0 Å². The third-order valence-corrected chi connectivity index (χ3v) is 3.92. The smallest absolute Gasteiger partial charge is 0.488 e. The summed E-state index contributed by atoms with van der Waals surface area (Å²) in [5.41, 5.74) is 1.26. The molecule has 0 saturated heterocycles. The van der Waals surface area contributed by atoms with E-state index in [2.05, 4.69) is 4.98 Å². The number of thioether (sulfide) groups is 1. The normalized spacial score (nSPS) is 10.4. The zero-order valence-electron chi connectivity index (χ0n) is 10.8. The maximum Gasteiger partial charge on any atom is 0.488 e. The molecule has 0 fully saturated rings. The molecule has 0 saturated carbocycles. The minimum atomic E-state index is -1.50. The SMILES string of the molecule is COc1ccc(B(O)O)c(CSc2ccc(Cl)cn2)c1. The number of nitrogens with zero attached hydrogens (tertiary/aromatic N) is 1. The second kappa shape index (κ2) is 6.99. The quantitative estimate of drug-likeness (QED) is 0.650. The van der Waals surface area contributed by atoms with Crippen LogP contribution in [0.1, 0.15) is 5.56 Å². The Morgan fingerprint density at radius 3 is 2.70 bits per heavy atom. The first-order valence-electron chi connectivity index (χ1n) is 5.87. The molecular formula is C13H13BClNO3S. The molecule has 1 aromatic heterocycles. The summed E-state index contributed by atoms with van der Waals surface area (Å²) < 4.78 is 5.15. The van der Waals surface area contributed by atoms with Crippen LogP contribution in [0.15, 0.2) is 41.6 Å². The highest BCUT2D eigenvalue weighted by molar-refractivity contribution is 7.98. The van der Waals surface area contributed by atoms with Crippen LogP contribution in [0.2, 0.25) is 5.02 Å². The maximum absolute atomic E-state index is 9.37. The number of halogens is 1. The molecule has 0 aliphatic heterocycles. The fourth-order valence-electron chi connectivity index (χ4n) is 1.69. The summed E-state index contributed by atoms with van der Waals surface area (Å²) in [4.78, 5) is 4.19. The van der Waals surface area contributed by atoms with Gasteiger partial charge in [0.25, 0.3) is 0 Å². The summed E-state index contributed by atoms with van der Waals surface area (Å²) in [5.74, 6) is 1.23. The van der Waals surface area contributed by atoms with Crippen LogP contribution in [-0.2, 0) is 5.75 Å². The van der Waals surface area contributed by atoms with Gasteiger partial charge in [0.1, 0.15) is 5.75 Å². The Morgan fingerprint density at radius 2 is 2.10 bits per heavy atom. The Hall–Kier alpha value is -1.21. The largest absolute Gasteiger partial charge is 0.497 e. The molecule has 0 radical (unpaired) electrons. The van der Waals surface area contributed by atoms with Gasteiger partial charge in [-0.2, -0.15) is 0 Å². The number of ether oxygens (including phenoxy) is 1. The highest BCUT2D eigenvalue weighted by Gasteiger charge is 2.16. The van der Waals surface area contributed by atoms with E-state index < -0.39 is 7.12 Å². The van der Waals surface area contributed by atoms with Crippen LogP contribution in [0.3, 0.4) is 0 Å². The molecule has 1 aromatic carbocycles. The van der Waals surface area contributed by atoms with Crippen molar-refractivity contribution in [3.8, 4) is 5.75 Å². The van der Waals surface area contributed by atoms with E-state index in [1.807, 2.05) is 6.07 Å². The van der Waals surface area contributed by atoms with Gasteiger partial charge in [-0.1, -0.05) is 17.7 Å². The first-order chi connectivity index (χ1) is 9.60. The summed E-state index contributed by atoms with van der Waals surface area (Å²) >= 11 is 7.27. The zero-order chi connectivity index (χ0) is 14.5. The lowest BCUT2D eigenvalue weighted by atomic mass is 9.77. The lowest BCUT2D eigenvalue weighted by Crippen LogP contribution is -2.32. The highest BCUT2D eigenvalue weighted by Crippen LogP contribution is 2.23. The number of hydrogen-bond donors (Lipinski definition) is 2. The molecule has 2 aromatic rings. The molecule has 0 amide bonds. The standard InChI is InChI=1S/C13H13BClNO3S/c1-19-11-3-4-12(14(17)18)9(6-11)8-20-13-5-2-10(15)7-16-13/h2-7,17-18H,8H2,1H3. The fourth-order valence-corrected chi connectivity index (χ4v) is 2.64. The first kappa shape index (κ1) is 15.2. The van der Waals surface area contributed by atoms with Gasteiger partial charge in [-0.05, 0) is 35.3 Å². The van der Waals surface area contributed by atoms with E-state index in [1.54, 1.807) is 37.6 Å². The van der Waals surface area contributed by atoms with Crippen LogP contribution in [-0.4, -0.2) is 29.3 Å². The Morgan fingerprint density at radius 1 is 1.30 bits per heavy atom. The molecular weight excluding hydrogens is 296 g/mol. The van der Waals surface area contributed by atoms with Gasteiger partial charge < -0.3 is 14.8 Å². The molecule has 20 heavy (non-hydrogen) atoms. The first-order valence-corrected chi connectivity index (χ1v) is 7.24. The summed E-state index contributed by atoms with van der Waals surface area (Å²) in [5, 5.41) is 20.1. The van der Waals surface area contributed by atoms with Crippen molar-refractivity contribution in [3.63, 3.8) is 0 Å². The van der Waals surface area contributed by atoms with Crippen molar-refractivity contribution in [3.05, 3.63) is 47.1 Å². The Balaban J connectivity index is 2.16. The van der Waals surface area contributed by atoms with Gasteiger partial charge in [0, 0.05) is 11.9 Å². The summed E-state index contributed by atoms with van der Waals surface area (Å²) in [6.45, 7) is 0. The van der Waals surface area contributed by atoms with Crippen molar-refractivity contribution in [1.29, 1.82) is 0 Å². The van der Waals surface area contributed by atoms with Crippen LogP contribution in [0.5, 0.6) is 5.75 Å². The van der Waals surface area contributed by atoms with Crippen LogP contribution >= 0.6 is 23.4 Å². The molecule has 4 nitrogen and oxygen atoms in total. The number of aromatic nitrogens is 1. The van der Waals surface area contributed by atoms with Gasteiger partial charge in [-0.15, -0.1) is 11.8 Å². The van der Waals surface area contributed by atoms with Crippen molar-refractivity contribution < 1.29 is 14.8 Å². The highest BCUT2D eigenvalue weighted by atomic mass is 35.5.